The van der Waals surface area contributed by atoms with Crippen LogP contribution in [0.1, 0.15) is 17.9 Å². The van der Waals surface area contributed by atoms with Crippen LogP contribution in [0.3, 0.4) is 0 Å². The highest BCUT2D eigenvalue weighted by molar-refractivity contribution is 6.30. The molecule has 1 fully saturated rings. The van der Waals surface area contributed by atoms with Gasteiger partial charge in [-0.2, -0.15) is 5.26 Å². The Labute approximate surface area is 88.1 Å². The van der Waals surface area contributed by atoms with Crippen LogP contribution >= 0.6 is 11.6 Å². The van der Waals surface area contributed by atoms with E-state index in [2.05, 4.69) is 6.07 Å². The predicted octanol–water partition coefficient (Wildman–Crippen LogP) is 2.74. The lowest BCUT2D eigenvalue weighted by Gasteiger charge is -2.06. The van der Waals surface area contributed by atoms with Gasteiger partial charge in [-0.25, -0.2) is 0 Å². The average Bonchev–Trinajstić information content (AvgIpc) is 3.00. The van der Waals surface area contributed by atoms with E-state index in [1.165, 1.54) is 0 Å². The van der Waals surface area contributed by atoms with Crippen molar-refractivity contribution in [3.8, 4) is 6.07 Å². The second-order valence-corrected chi connectivity index (χ2v) is 3.86. The van der Waals surface area contributed by atoms with Gasteiger partial charge in [-0.3, -0.25) is 0 Å². The van der Waals surface area contributed by atoms with Crippen molar-refractivity contribution in [2.24, 2.45) is 0 Å². The van der Waals surface area contributed by atoms with Crippen LogP contribution in [0.5, 0.6) is 0 Å². The number of ether oxygens (including phenoxy) is 1. The van der Waals surface area contributed by atoms with Crippen molar-refractivity contribution in [3.63, 3.8) is 0 Å². The van der Waals surface area contributed by atoms with Gasteiger partial charge in [0, 0.05) is 5.02 Å². The third-order valence-electron chi connectivity index (χ3n) is 2.33. The monoisotopic (exact) mass is 207 g/mol. The molecule has 72 valence electrons. The Morgan fingerprint density at radius 1 is 1.50 bits per heavy atom. The van der Waals surface area contributed by atoms with Crippen molar-refractivity contribution in [1.82, 2.24) is 0 Å². The Balaban J connectivity index is 2.10. The zero-order valence-corrected chi connectivity index (χ0v) is 8.37. The number of epoxide rings is 1. The Bertz CT molecular complexity index is 351. The number of nitriles is 1. The summed E-state index contributed by atoms with van der Waals surface area (Å²) in [4.78, 5) is 0. The number of benzene rings is 1. The van der Waals surface area contributed by atoms with Crippen LogP contribution in [-0.4, -0.2) is 12.7 Å². The first-order chi connectivity index (χ1) is 6.79. The lowest BCUT2D eigenvalue weighted by atomic mass is 9.96. The minimum Gasteiger partial charge on any atom is -0.373 e. The van der Waals surface area contributed by atoms with Gasteiger partial charge >= 0.3 is 0 Å². The van der Waals surface area contributed by atoms with E-state index < -0.39 is 0 Å². The Hall–Kier alpha value is -1.04. The van der Waals surface area contributed by atoms with Crippen molar-refractivity contribution in [3.05, 3.63) is 34.9 Å². The van der Waals surface area contributed by atoms with Gasteiger partial charge in [0.15, 0.2) is 0 Å². The van der Waals surface area contributed by atoms with Gasteiger partial charge in [0.1, 0.15) is 0 Å². The molecule has 1 saturated heterocycles. The number of hydrogen-bond donors (Lipinski definition) is 0. The molecule has 0 N–H and O–H groups in total. The SMILES string of the molecule is N#CC(CC1CO1)c1ccc(Cl)cc1. The van der Waals surface area contributed by atoms with Gasteiger partial charge in [-0.15, -0.1) is 0 Å². The molecule has 0 radical (unpaired) electrons. The van der Waals surface area contributed by atoms with E-state index in [1.807, 2.05) is 24.3 Å². The quantitative estimate of drug-likeness (QED) is 0.715. The second kappa shape index (κ2) is 4.00. The molecule has 2 rings (SSSR count). The minimum absolute atomic E-state index is 0.0697. The van der Waals surface area contributed by atoms with E-state index in [0.717, 1.165) is 18.6 Å². The molecule has 1 aliphatic rings. The smallest absolute Gasteiger partial charge is 0.0825 e. The second-order valence-electron chi connectivity index (χ2n) is 3.42. The van der Waals surface area contributed by atoms with Crippen LogP contribution in [0.4, 0.5) is 0 Å². The van der Waals surface area contributed by atoms with E-state index in [0.29, 0.717) is 5.02 Å². The number of nitrogens with zero attached hydrogens (tertiary/aromatic N) is 1. The topological polar surface area (TPSA) is 36.3 Å². The molecule has 2 unspecified atom stereocenters. The molecule has 0 saturated carbocycles. The average molecular weight is 208 g/mol. The van der Waals surface area contributed by atoms with Gasteiger partial charge < -0.3 is 4.74 Å². The van der Waals surface area contributed by atoms with Crippen molar-refractivity contribution in [2.45, 2.75) is 18.4 Å². The lowest BCUT2D eigenvalue weighted by molar-refractivity contribution is 0.391. The van der Waals surface area contributed by atoms with Gasteiger partial charge in [0.25, 0.3) is 0 Å². The molecule has 1 aliphatic heterocycles. The van der Waals surface area contributed by atoms with Crippen LogP contribution in [0.15, 0.2) is 24.3 Å². The van der Waals surface area contributed by atoms with Gasteiger partial charge in [-0.05, 0) is 24.1 Å². The highest BCUT2D eigenvalue weighted by atomic mass is 35.5. The van der Waals surface area contributed by atoms with E-state index in [-0.39, 0.29) is 12.0 Å². The molecule has 14 heavy (non-hydrogen) atoms. The summed E-state index contributed by atoms with van der Waals surface area (Å²) in [5.74, 6) is -0.0697. The number of hydrogen-bond acceptors (Lipinski definition) is 2. The molecular formula is C11H10ClNO. The molecule has 2 atom stereocenters. The first kappa shape index (κ1) is 9.51. The molecule has 2 nitrogen and oxygen atoms in total. The normalized spacial score (nSPS) is 21.3. The molecule has 1 heterocycles. The molecule has 0 spiro atoms. The number of rotatable bonds is 3. The van der Waals surface area contributed by atoms with Gasteiger partial charge in [-0.1, -0.05) is 23.7 Å². The van der Waals surface area contributed by atoms with Crippen molar-refractivity contribution in [2.75, 3.05) is 6.61 Å². The molecule has 1 aromatic rings. The zero-order chi connectivity index (χ0) is 9.97. The molecule has 0 aromatic heterocycles. The van der Waals surface area contributed by atoms with Crippen molar-refractivity contribution >= 4 is 11.6 Å². The fourth-order valence-electron chi connectivity index (χ4n) is 1.43. The summed E-state index contributed by atoms with van der Waals surface area (Å²) >= 11 is 5.77. The summed E-state index contributed by atoms with van der Waals surface area (Å²) in [5.41, 5.74) is 1.02. The van der Waals surface area contributed by atoms with Crippen LogP contribution in [0, 0.1) is 11.3 Å². The summed E-state index contributed by atoms with van der Waals surface area (Å²) in [6, 6.07) is 9.72. The summed E-state index contributed by atoms with van der Waals surface area (Å²) in [6.07, 6.45) is 1.08. The Morgan fingerprint density at radius 2 is 2.14 bits per heavy atom. The maximum atomic E-state index is 8.99. The fourth-order valence-corrected chi connectivity index (χ4v) is 1.55. The molecular weight excluding hydrogens is 198 g/mol. The maximum absolute atomic E-state index is 8.99. The van der Waals surface area contributed by atoms with E-state index >= 15 is 0 Å². The number of halogens is 1. The standard InChI is InChI=1S/C11H10ClNO/c12-10-3-1-8(2-4-10)9(6-13)5-11-7-14-11/h1-4,9,11H,5,7H2. The highest BCUT2D eigenvalue weighted by Gasteiger charge is 2.27. The summed E-state index contributed by atoms with van der Waals surface area (Å²) in [6.45, 7) is 0.797. The summed E-state index contributed by atoms with van der Waals surface area (Å²) in [7, 11) is 0. The minimum atomic E-state index is -0.0697. The third-order valence-corrected chi connectivity index (χ3v) is 2.58. The van der Waals surface area contributed by atoms with E-state index in [9.17, 15) is 0 Å². The molecule has 0 bridgehead atoms. The van der Waals surface area contributed by atoms with Crippen molar-refractivity contribution < 1.29 is 4.74 Å². The third kappa shape index (κ3) is 2.25. The predicted molar refractivity (Wildman–Crippen MR) is 54.2 cm³/mol. The highest BCUT2D eigenvalue weighted by Crippen LogP contribution is 2.27. The molecule has 1 aromatic carbocycles. The van der Waals surface area contributed by atoms with E-state index in [1.54, 1.807) is 0 Å². The molecule has 0 aliphatic carbocycles. The van der Waals surface area contributed by atoms with Crippen molar-refractivity contribution in [1.29, 1.82) is 5.26 Å². The molecule has 3 heteroatoms. The Morgan fingerprint density at radius 3 is 2.64 bits per heavy atom. The first-order valence-corrected chi connectivity index (χ1v) is 4.94. The summed E-state index contributed by atoms with van der Waals surface area (Å²) < 4.78 is 5.11. The molecule has 0 amide bonds. The van der Waals surface area contributed by atoms with Gasteiger partial charge in [0.05, 0.1) is 24.7 Å². The first-order valence-electron chi connectivity index (χ1n) is 4.56. The van der Waals surface area contributed by atoms with Crippen LogP contribution in [0.2, 0.25) is 5.02 Å². The largest absolute Gasteiger partial charge is 0.373 e. The van der Waals surface area contributed by atoms with Crippen LogP contribution < -0.4 is 0 Å². The zero-order valence-electron chi connectivity index (χ0n) is 7.61. The van der Waals surface area contributed by atoms with Crippen LogP contribution in [-0.2, 0) is 4.74 Å². The van der Waals surface area contributed by atoms with E-state index in [4.69, 9.17) is 21.6 Å². The van der Waals surface area contributed by atoms with Crippen LogP contribution in [0.25, 0.3) is 0 Å². The Kier molecular flexibility index (Phi) is 2.72. The maximum Gasteiger partial charge on any atom is 0.0825 e. The summed E-state index contributed by atoms with van der Waals surface area (Å²) in [5, 5.41) is 9.69. The lowest BCUT2D eigenvalue weighted by Crippen LogP contribution is -1.99. The van der Waals surface area contributed by atoms with Gasteiger partial charge in [0.2, 0.25) is 0 Å². The fraction of sp³-hybridized carbons (Fsp3) is 0.364.